The van der Waals surface area contributed by atoms with Crippen LogP contribution in [0.1, 0.15) is 40.5 Å². The molecule has 0 bridgehead atoms. The van der Waals surface area contributed by atoms with E-state index in [-0.39, 0.29) is 12.0 Å². The second-order valence-electron chi connectivity index (χ2n) is 4.88. The molecule has 3 nitrogen and oxygen atoms in total. The van der Waals surface area contributed by atoms with Crippen molar-refractivity contribution in [1.82, 2.24) is 10.2 Å². The first-order chi connectivity index (χ1) is 7.61. The minimum absolute atomic E-state index is 0.0508. The van der Waals surface area contributed by atoms with Crippen LogP contribution in [0.25, 0.3) is 0 Å². The molecule has 0 spiro atoms. The third kappa shape index (κ3) is 6.46. The lowest BCUT2D eigenvalue weighted by Crippen LogP contribution is -2.36. The van der Waals surface area contributed by atoms with E-state index in [1.54, 1.807) is 0 Å². The highest BCUT2D eigenvalue weighted by Gasteiger charge is 2.19. The maximum absolute atomic E-state index is 9.26. The molecule has 0 heterocycles. The maximum atomic E-state index is 9.26. The van der Waals surface area contributed by atoms with Crippen LogP contribution in [0.2, 0.25) is 0 Å². The van der Waals surface area contributed by atoms with Crippen molar-refractivity contribution in [3.05, 3.63) is 0 Å². The fourth-order valence-corrected chi connectivity index (χ4v) is 1.65. The van der Waals surface area contributed by atoms with Crippen molar-refractivity contribution in [2.75, 3.05) is 39.3 Å². The Bertz CT molecular complexity index is 154. The number of hydrogen-bond acceptors (Lipinski definition) is 3. The minimum atomic E-state index is 0.0508. The fraction of sp³-hybridized carbons (Fsp3) is 1.00. The number of nitrogens with one attached hydrogen (secondary N) is 1. The summed E-state index contributed by atoms with van der Waals surface area (Å²) in [5.74, 6) is 0. The Morgan fingerprint density at radius 2 is 1.81 bits per heavy atom. The van der Waals surface area contributed by atoms with Crippen molar-refractivity contribution in [2.45, 2.75) is 40.5 Å². The van der Waals surface area contributed by atoms with Gasteiger partial charge in [0.25, 0.3) is 0 Å². The fourth-order valence-electron chi connectivity index (χ4n) is 1.65. The van der Waals surface area contributed by atoms with E-state index in [1.807, 2.05) is 0 Å². The lowest BCUT2D eigenvalue weighted by molar-refractivity contribution is 0.135. The molecule has 0 saturated carbocycles. The minimum Gasteiger partial charge on any atom is -0.396 e. The van der Waals surface area contributed by atoms with Gasteiger partial charge in [-0.2, -0.15) is 0 Å². The first-order valence-electron chi connectivity index (χ1n) is 6.65. The van der Waals surface area contributed by atoms with E-state index in [4.69, 9.17) is 0 Å². The van der Waals surface area contributed by atoms with E-state index < -0.39 is 0 Å². The number of nitrogens with zero attached hydrogens (tertiary/aromatic N) is 1. The smallest absolute Gasteiger partial charge is 0.0496 e. The van der Waals surface area contributed by atoms with E-state index in [2.05, 4.69) is 37.9 Å². The van der Waals surface area contributed by atoms with Crippen molar-refractivity contribution in [2.24, 2.45) is 5.41 Å². The molecule has 1 unspecified atom stereocenters. The third-order valence-corrected chi connectivity index (χ3v) is 3.51. The van der Waals surface area contributed by atoms with Gasteiger partial charge in [-0.05, 0) is 39.0 Å². The lowest BCUT2D eigenvalue weighted by Gasteiger charge is -2.26. The largest absolute Gasteiger partial charge is 0.396 e. The molecule has 98 valence electrons. The summed E-state index contributed by atoms with van der Waals surface area (Å²) in [6.07, 6.45) is 2.21. The molecular weight excluding hydrogens is 200 g/mol. The van der Waals surface area contributed by atoms with Gasteiger partial charge >= 0.3 is 0 Å². The molecule has 0 aromatic rings. The molecule has 0 aliphatic heterocycles. The van der Waals surface area contributed by atoms with Crippen molar-refractivity contribution < 1.29 is 5.11 Å². The molecule has 0 rings (SSSR count). The summed E-state index contributed by atoms with van der Waals surface area (Å²) < 4.78 is 0. The zero-order valence-corrected chi connectivity index (χ0v) is 11.6. The monoisotopic (exact) mass is 230 g/mol. The van der Waals surface area contributed by atoms with Crippen LogP contribution < -0.4 is 5.32 Å². The highest BCUT2D eigenvalue weighted by atomic mass is 16.3. The van der Waals surface area contributed by atoms with Crippen molar-refractivity contribution >= 4 is 0 Å². The van der Waals surface area contributed by atoms with Crippen molar-refractivity contribution in [1.29, 1.82) is 0 Å². The predicted octanol–water partition coefficient (Wildman–Crippen LogP) is 1.72. The molecule has 0 aliphatic carbocycles. The van der Waals surface area contributed by atoms with Gasteiger partial charge in [0.1, 0.15) is 0 Å². The van der Waals surface area contributed by atoms with Crippen LogP contribution in [0, 0.1) is 5.41 Å². The average Bonchev–Trinajstić information content (AvgIpc) is 2.33. The molecule has 0 saturated heterocycles. The molecule has 0 fully saturated rings. The molecule has 16 heavy (non-hydrogen) atoms. The second kappa shape index (κ2) is 8.97. The Balaban J connectivity index is 3.52. The Kier molecular flexibility index (Phi) is 8.90. The average molecular weight is 230 g/mol. The second-order valence-corrected chi connectivity index (χ2v) is 4.88. The highest BCUT2D eigenvalue weighted by Crippen LogP contribution is 2.18. The van der Waals surface area contributed by atoms with Gasteiger partial charge in [0.05, 0.1) is 0 Å². The van der Waals surface area contributed by atoms with Gasteiger partial charge in [0.15, 0.2) is 0 Å². The van der Waals surface area contributed by atoms with Gasteiger partial charge in [-0.15, -0.1) is 0 Å². The molecule has 0 aromatic heterocycles. The Hall–Kier alpha value is -0.120. The maximum Gasteiger partial charge on any atom is 0.0496 e. The van der Waals surface area contributed by atoms with Gasteiger partial charge in [-0.1, -0.05) is 27.7 Å². The first kappa shape index (κ1) is 15.9. The SMILES string of the molecule is CCN(CC)CCCNCC(C)(CC)CO. The van der Waals surface area contributed by atoms with E-state index in [0.717, 1.165) is 32.6 Å². The molecule has 0 amide bonds. The van der Waals surface area contributed by atoms with Crippen LogP contribution in [-0.4, -0.2) is 49.3 Å². The number of aliphatic hydroxyl groups excluding tert-OH is 1. The van der Waals surface area contributed by atoms with Gasteiger partial charge in [-0.25, -0.2) is 0 Å². The molecule has 0 radical (unpaired) electrons. The standard InChI is InChI=1S/C13H30N2O/c1-5-13(4,12-16)11-14-9-8-10-15(6-2)7-3/h14,16H,5-12H2,1-4H3. The molecular formula is C13H30N2O. The van der Waals surface area contributed by atoms with Crippen LogP contribution in [0.5, 0.6) is 0 Å². The summed E-state index contributed by atoms with van der Waals surface area (Å²) >= 11 is 0. The molecule has 0 aromatic carbocycles. The molecule has 2 N–H and O–H groups in total. The van der Waals surface area contributed by atoms with Crippen LogP contribution in [0.15, 0.2) is 0 Å². The van der Waals surface area contributed by atoms with Gasteiger partial charge in [0.2, 0.25) is 0 Å². The van der Waals surface area contributed by atoms with Crippen LogP contribution in [0.4, 0.5) is 0 Å². The van der Waals surface area contributed by atoms with E-state index in [9.17, 15) is 5.11 Å². The number of aliphatic hydroxyl groups is 1. The van der Waals surface area contributed by atoms with Gasteiger partial charge in [0, 0.05) is 18.6 Å². The summed E-state index contributed by atoms with van der Waals surface area (Å²) in [7, 11) is 0. The number of hydrogen-bond donors (Lipinski definition) is 2. The van der Waals surface area contributed by atoms with Crippen LogP contribution in [-0.2, 0) is 0 Å². The zero-order valence-electron chi connectivity index (χ0n) is 11.6. The van der Waals surface area contributed by atoms with Crippen LogP contribution >= 0.6 is 0 Å². The summed E-state index contributed by atoms with van der Waals surface area (Å²) in [4.78, 5) is 2.44. The predicted molar refractivity (Wildman–Crippen MR) is 70.8 cm³/mol. The summed E-state index contributed by atoms with van der Waals surface area (Å²) in [5.41, 5.74) is 0.0508. The van der Waals surface area contributed by atoms with E-state index in [1.165, 1.54) is 13.0 Å². The first-order valence-corrected chi connectivity index (χ1v) is 6.65. The van der Waals surface area contributed by atoms with Crippen molar-refractivity contribution in [3.63, 3.8) is 0 Å². The lowest BCUT2D eigenvalue weighted by atomic mass is 9.89. The number of rotatable bonds is 10. The summed E-state index contributed by atoms with van der Waals surface area (Å²) in [6.45, 7) is 14.4. The Morgan fingerprint density at radius 3 is 2.25 bits per heavy atom. The van der Waals surface area contributed by atoms with E-state index >= 15 is 0 Å². The zero-order chi connectivity index (χ0) is 12.4. The van der Waals surface area contributed by atoms with Crippen LogP contribution in [0.3, 0.4) is 0 Å². The van der Waals surface area contributed by atoms with Crippen molar-refractivity contribution in [3.8, 4) is 0 Å². The quantitative estimate of drug-likeness (QED) is 0.561. The molecule has 0 aliphatic rings. The third-order valence-electron chi connectivity index (χ3n) is 3.51. The molecule has 1 atom stereocenters. The Labute approximate surface area is 101 Å². The Morgan fingerprint density at radius 1 is 1.19 bits per heavy atom. The summed E-state index contributed by atoms with van der Waals surface area (Å²) in [6, 6.07) is 0. The van der Waals surface area contributed by atoms with Gasteiger partial charge in [-0.3, -0.25) is 0 Å². The van der Waals surface area contributed by atoms with Gasteiger partial charge < -0.3 is 15.3 Å². The highest BCUT2D eigenvalue weighted by molar-refractivity contribution is 4.74. The molecule has 3 heteroatoms. The topological polar surface area (TPSA) is 35.5 Å². The van der Waals surface area contributed by atoms with E-state index in [0.29, 0.717) is 0 Å². The summed E-state index contributed by atoms with van der Waals surface area (Å²) in [5, 5.41) is 12.7. The normalized spacial score (nSPS) is 15.4.